The number of anilines is 4. The number of carbonyl (C=O) groups excluding carboxylic acids is 1. The Morgan fingerprint density at radius 1 is 1.06 bits per heavy atom. The molecule has 1 amide bonds. The quantitative estimate of drug-likeness (QED) is 0.386. The molecule has 0 radical (unpaired) electrons. The van der Waals surface area contributed by atoms with Crippen molar-refractivity contribution in [2.24, 2.45) is 0 Å². The zero-order chi connectivity index (χ0) is 26.2. The van der Waals surface area contributed by atoms with Crippen molar-refractivity contribution in [3.63, 3.8) is 0 Å². The first-order valence-electron chi connectivity index (χ1n) is 11.1. The fourth-order valence-corrected chi connectivity index (χ4v) is 3.32. The summed E-state index contributed by atoms with van der Waals surface area (Å²) in [7, 11) is 8.86. The topological polar surface area (TPSA) is 105 Å². The van der Waals surface area contributed by atoms with Gasteiger partial charge < -0.3 is 29.9 Å². The molecule has 36 heavy (non-hydrogen) atoms. The Balaban J connectivity index is 1.98. The molecule has 0 spiro atoms. The standard InChI is InChI=1S/C25H30FN7O3/c1-7-23(34)29-18-13-19(22(36-6)14-20(18)33(4)11-10-32(2)3)30-25-28-15-27-24(31-25)16-8-9-17(26)21(12-16)35-5/h7-9,12-15H,1,10-11H2,2-6H3,(H,29,34)(H,27,28,30,31). The summed E-state index contributed by atoms with van der Waals surface area (Å²) in [6.07, 6.45) is 2.55. The van der Waals surface area contributed by atoms with Gasteiger partial charge in [0.15, 0.2) is 17.4 Å². The van der Waals surface area contributed by atoms with Gasteiger partial charge in [0.1, 0.15) is 12.1 Å². The predicted octanol–water partition coefficient (Wildman–Crippen LogP) is 3.56. The second kappa shape index (κ2) is 11.9. The van der Waals surface area contributed by atoms with E-state index in [1.807, 2.05) is 32.1 Å². The number of aromatic nitrogens is 3. The third kappa shape index (κ3) is 6.45. The predicted molar refractivity (Wildman–Crippen MR) is 139 cm³/mol. The molecular formula is C25H30FN7O3. The molecule has 0 saturated heterocycles. The lowest BCUT2D eigenvalue weighted by Gasteiger charge is -2.26. The normalized spacial score (nSPS) is 10.6. The molecule has 0 saturated carbocycles. The summed E-state index contributed by atoms with van der Waals surface area (Å²) in [5, 5.41) is 5.98. The van der Waals surface area contributed by atoms with Crippen LogP contribution in [0.2, 0.25) is 0 Å². The fraction of sp³-hybridized carbons (Fsp3) is 0.280. The zero-order valence-corrected chi connectivity index (χ0v) is 21.0. The van der Waals surface area contributed by atoms with Crippen LogP contribution in [0.4, 0.5) is 27.4 Å². The highest BCUT2D eigenvalue weighted by molar-refractivity contribution is 6.02. The smallest absolute Gasteiger partial charge is 0.247 e. The molecule has 190 valence electrons. The lowest BCUT2D eigenvalue weighted by Crippen LogP contribution is -2.29. The molecule has 0 atom stereocenters. The van der Waals surface area contributed by atoms with Gasteiger partial charge in [-0.15, -0.1) is 0 Å². The number of hydrogen-bond acceptors (Lipinski definition) is 9. The minimum absolute atomic E-state index is 0.0840. The summed E-state index contributed by atoms with van der Waals surface area (Å²) in [5.41, 5.74) is 2.41. The zero-order valence-electron chi connectivity index (χ0n) is 21.0. The average Bonchev–Trinajstić information content (AvgIpc) is 2.87. The molecule has 11 heteroatoms. The van der Waals surface area contributed by atoms with Gasteiger partial charge in [-0.05, 0) is 44.4 Å². The van der Waals surface area contributed by atoms with Crippen molar-refractivity contribution < 1.29 is 18.7 Å². The number of halogens is 1. The van der Waals surface area contributed by atoms with Gasteiger partial charge >= 0.3 is 0 Å². The van der Waals surface area contributed by atoms with Crippen LogP contribution >= 0.6 is 0 Å². The van der Waals surface area contributed by atoms with E-state index in [0.29, 0.717) is 28.5 Å². The lowest BCUT2D eigenvalue weighted by molar-refractivity contribution is -0.111. The number of rotatable bonds is 11. The SMILES string of the molecule is C=CC(=O)Nc1cc(Nc2ncnc(-c3ccc(F)c(OC)c3)n2)c(OC)cc1N(C)CCN(C)C. The number of ether oxygens (including phenoxy) is 2. The van der Waals surface area contributed by atoms with Crippen LogP contribution in [0.1, 0.15) is 0 Å². The minimum Gasteiger partial charge on any atom is -0.494 e. The largest absolute Gasteiger partial charge is 0.494 e. The Kier molecular flexibility index (Phi) is 8.74. The van der Waals surface area contributed by atoms with Crippen molar-refractivity contribution in [1.29, 1.82) is 0 Å². The summed E-state index contributed by atoms with van der Waals surface area (Å²) >= 11 is 0. The molecule has 3 rings (SSSR count). The molecule has 0 unspecified atom stereocenters. The molecule has 3 aromatic rings. The third-order valence-corrected chi connectivity index (χ3v) is 5.28. The van der Waals surface area contributed by atoms with Crippen molar-refractivity contribution >= 4 is 28.9 Å². The monoisotopic (exact) mass is 495 g/mol. The van der Waals surface area contributed by atoms with E-state index < -0.39 is 5.82 Å². The average molecular weight is 496 g/mol. The minimum atomic E-state index is -0.483. The van der Waals surface area contributed by atoms with E-state index in [1.54, 1.807) is 19.2 Å². The number of hydrogen-bond donors (Lipinski definition) is 2. The Morgan fingerprint density at radius 3 is 2.47 bits per heavy atom. The van der Waals surface area contributed by atoms with Gasteiger partial charge in [-0.25, -0.2) is 14.4 Å². The number of carbonyl (C=O) groups is 1. The third-order valence-electron chi connectivity index (χ3n) is 5.28. The first-order valence-corrected chi connectivity index (χ1v) is 11.1. The molecule has 2 aromatic carbocycles. The van der Waals surface area contributed by atoms with Crippen molar-refractivity contribution in [3.8, 4) is 22.9 Å². The summed E-state index contributed by atoms with van der Waals surface area (Å²) in [6, 6.07) is 7.92. The van der Waals surface area contributed by atoms with Gasteiger partial charge in [0.2, 0.25) is 11.9 Å². The molecule has 0 aliphatic heterocycles. The van der Waals surface area contributed by atoms with Crippen LogP contribution in [0, 0.1) is 5.82 Å². The Morgan fingerprint density at radius 2 is 1.81 bits per heavy atom. The molecule has 1 aromatic heterocycles. The molecule has 1 heterocycles. The van der Waals surface area contributed by atoms with E-state index in [1.165, 1.54) is 31.6 Å². The van der Waals surface area contributed by atoms with E-state index in [9.17, 15) is 9.18 Å². The first kappa shape index (κ1) is 26.4. The van der Waals surface area contributed by atoms with Crippen LogP contribution in [0.3, 0.4) is 0 Å². The van der Waals surface area contributed by atoms with Gasteiger partial charge in [-0.1, -0.05) is 6.58 Å². The van der Waals surface area contributed by atoms with Crippen LogP contribution < -0.4 is 25.0 Å². The highest BCUT2D eigenvalue weighted by atomic mass is 19.1. The number of methoxy groups -OCH3 is 2. The van der Waals surface area contributed by atoms with Crippen LogP contribution in [0.5, 0.6) is 11.5 Å². The fourth-order valence-electron chi connectivity index (χ4n) is 3.32. The van der Waals surface area contributed by atoms with Crippen LogP contribution in [0.15, 0.2) is 49.3 Å². The Hall–Kier alpha value is -4.25. The highest BCUT2D eigenvalue weighted by Crippen LogP contribution is 2.38. The lowest BCUT2D eigenvalue weighted by atomic mass is 10.2. The molecule has 0 aliphatic carbocycles. The molecule has 0 aliphatic rings. The molecule has 2 N–H and O–H groups in total. The van der Waals surface area contributed by atoms with E-state index in [-0.39, 0.29) is 17.6 Å². The summed E-state index contributed by atoms with van der Waals surface area (Å²) in [6.45, 7) is 5.07. The van der Waals surface area contributed by atoms with Gasteiger partial charge in [0, 0.05) is 31.8 Å². The molecule has 0 bridgehead atoms. The maximum atomic E-state index is 13.8. The van der Waals surface area contributed by atoms with Gasteiger partial charge in [-0.3, -0.25) is 4.79 Å². The number of benzene rings is 2. The van der Waals surface area contributed by atoms with E-state index in [4.69, 9.17) is 9.47 Å². The van der Waals surface area contributed by atoms with Crippen molar-refractivity contribution in [2.75, 3.05) is 64.0 Å². The summed E-state index contributed by atoms with van der Waals surface area (Å²) in [4.78, 5) is 29.1. The van der Waals surface area contributed by atoms with Crippen molar-refractivity contribution in [1.82, 2.24) is 19.9 Å². The Bertz CT molecular complexity index is 1240. The van der Waals surface area contributed by atoms with Crippen molar-refractivity contribution in [3.05, 3.63) is 55.1 Å². The summed E-state index contributed by atoms with van der Waals surface area (Å²) in [5.74, 6) is 0.329. The maximum Gasteiger partial charge on any atom is 0.247 e. The second-order valence-electron chi connectivity index (χ2n) is 8.09. The van der Waals surface area contributed by atoms with E-state index >= 15 is 0 Å². The van der Waals surface area contributed by atoms with Crippen LogP contribution in [-0.4, -0.2) is 74.2 Å². The number of nitrogens with one attached hydrogen (secondary N) is 2. The van der Waals surface area contributed by atoms with Crippen LogP contribution in [0.25, 0.3) is 11.4 Å². The number of nitrogens with zero attached hydrogens (tertiary/aromatic N) is 5. The molecular weight excluding hydrogens is 465 g/mol. The second-order valence-corrected chi connectivity index (χ2v) is 8.09. The summed E-state index contributed by atoms with van der Waals surface area (Å²) < 4.78 is 24.5. The maximum absolute atomic E-state index is 13.8. The van der Waals surface area contributed by atoms with E-state index in [0.717, 1.165) is 18.8 Å². The van der Waals surface area contributed by atoms with E-state index in [2.05, 4.69) is 37.1 Å². The molecule has 10 nitrogen and oxygen atoms in total. The highest BCUT2D eigenvalue weighted by Gasteiger charge is 2.17. The molecule has 0 fully saturated rings. The van der Waals surface area contributed by atoms with Gasteiger partial charge in [0.25, 0.3) is 0 Å². The number of likely N-dealkylation sites (N-methyl/N-ethyl adjacent to an activating group) is 2. The van der Waals surface area contributed by atoms with Gasteiger partial charge in [0.05, 0.1) is 31.3 Å². The van der Waals surface area contributed by atoms with Crippen LogP contribution in [-0.2, 0) is 4.79 Å². The number of amides is 1. The van der Waals surface area contributed by atoms with Crippen molar-refractivity contribution in [2.45, 2.75) is 0 Å². The Labute approximate surface area is 209 Å². The first-order chi connectivity index (χ1) is 17.2. The van der Waals surface area contributed by atoms with Gasteiger partial charge in [-0.2, -0.15) is 4.98 Å².